The second-order valence-corrected chi connectivity index (χ2v) is 4.25. The van der Waals surface area contributed by atoms with E-state index in [4.69, 9.17) is 0 Å². The summed E-state index contributed by atoms with van der Waals surface area (Å²) in [7, 11) is 0. The summed E-state index contributed by atoms with van der Waals surface area (Å²) < 4.78 is 0. The van der Waals surface area contributed by atoms with Gasteiger partial charge in [0, 0.05) is 18.5 Å². The molecule has 1 saturated heterocycles. The summed E-state index contributed by atoms with van der Waals surface area (Å²) in [5.74, 6) is -0.0123. The Kier molecular flexibility index (Phi) is 3.42. The van der Waals surface area contributed by atoms with Crippen LogP contribution in [0.15, 0.2) is 24.3 Å². The van der Waals surface area contributed by atoms with Crippen molar-refractivity contribution >= 4 is 11.7 Å². The summed E-state index contributed by atoms with van der Waals surface area (Å²) in [5, 5.41) is 9.29. The summed E-state index contributed by atoms with van der Waals surface area (Å²) in [5.41, 5.74) is 0.448. The molecule has 1 amide bonds. The lowest BCUT2D eigenvalue weighted by Gasteiger charge is -2.25. The van der Waals surface area contributed by atoms with Crippen molar-refractivity contribution in [3.63, 3.8) is 0 Å². The minimum Gasteiger partial charge on any atom is -0.508 e. The number of ketones is 1. The number of hydrogen-bond donors (Lipinski definition) is 1. The number of likely N-dealkylation sites (tertiary alicyclic amines) is 1. The number of hydrogen-bond acceptors (Lipinski definition) is 3. The molecule has 90 valence electrons. The van der Waals surface area contributed by atoms with Crippen LogP contribution in [0.2, 0.25) is 0 Å². The third-order valence-corrected chi connectivity index (χ3v) is 2.92. The first-order chi connectivity index (χ1) is 8.16. The Bertz CT molecular complexity index is 442. The highest BCUT2D eigenvalue weighted by Crippen LogP contribution is 2.14. The number of aromatic hydroxyl groups is 1. The van der Waals surface area contributed by atoms with Gasteiger partial charge in [0.25, 0.3) is 0 Å². The number of carbonyl (C=O) groups excluding carboxylic acids is 2. The molecule has 0 spiro atoms. The Morgan fingerprint density at radius 1 is 1.35 bits per heavy atom. The Morgan fingerprint density at radius 2 is 2.18 bits per heavy atom. The number of piperidine rings is 1. The predicted octanol–water partition coefficient (Wildman–Crippen LogP) is 1.59. The minimum atomic E-state index is -0.129. The number of carbonyl (C=O) groups is 2. The molecule has 1 heterocycles. The van der Waals surface area contributed by atoms with Crippen LogP contribution in [0.5, 0.6) is 5.75 Å². The van der Waals surface area contributed by atoms with E-state index in [-0.39, 0.29) is 24.0 Å². The van der Waals surface area contributed by atoms with Gasteiger partial charge in [-0.05, 0) is 25.0 Å². The standard InChI is InChI=1S/C13H15NO3/c15-11-5-3-4-10(8-11)12(16)9-14-7-2-1-6-13(14)17/h3-5,8,15H,1-2,6-7,9H2. The van der Waals surface area contributed by atoms with Crippen LogP contribution in [0.3, 0.4) is 0 Å². The van der Waals surface area contributed by atoms with Gasteiger partial charge in [0.05, 0.1) is 6.54 Å². The maximum atomic E-state index is 11.9. The molecule has 1 N–H and O–H groups in total. The fraction of sp³-hybridized carbons (Fsp3) is 0.385. The van der Waals surface area contributed by atoms with Crippen LogP contribution in [0.25, 0.3) is 0 Å². The lowest BCUT2D eigenvalue weighted by Crippen LogP contribution is -2.39. The Hall–Kier alpha value is -1.84. The van der Waals surface area contributed by atoms with Crippen LogP contribution in [-0.2, 0) is 4.79 Å². The van der Waals surface area contributed by atoms with Gasteiger partial charge >= 0.3 is 0 Å². The van der Waals surface area contributed by atoms with Gasteiger partial charge in [0.15, 0.2) is 5.78 Å². The van der Waals surface area contributed by atoms with Crippen molar-refractivity contribution < 1.29 is 14.7 Å². The smallest absolute Gasteiger partial charge is 0.222 e. The van der Waals surface area contributed by atoms with Gasteiger partial charge < -0.3 is 10.0 Å². The van der Waals surface area contributed by atoms with Crippen molar-refractivity contribution in [1.82, 2.24) is 4.90 Å². The van der Waals surface area contributed by atoms with Gasteiger partial charge in [-0.3, -0.25) is 9.59 Å². The number of Topliss-reactive ketones (excluding diaryl/α,β-unsaturated/α-hetero) is 1. The predicted molar refractivity (Wildman–Crippen MR) is 62.9 cm³/mol. The van der Waals surface area contributed by atoms with Gasteiger partial charge in [0.1, 0.15) is 5.75 Å². The third kappa shape index (κ3) is 2.84. The van der Waals surface area contributed by atoms with Crippen molar-refractivity contribution in [3.05, 3.63) is 29.8 Å². The molecule has 4 heteroatoms. The van der Waals surface area contributed by atoms with E-state index in [9.17, 15) is 14.7 Å². The summed E-state index contributed by atoms with van der Waals surface area (Å²) in [6, 6.07) is 6.22. The fourth-order valence-corrected chi connectivity index (χ4v) is 1.97. The van der Waals surface area contributed by atoms with E-state index in [1.54, 1.807) is 17.0 Å². The van der Waals surface area contributed by atoms with Crippen LogP contribution in [0, 0.1) is 0 Å². The zero-order valence-corrected chi connectivity index (χ0v) is 9.56. The maximum absolute atomic E-state index is 11.9. The number of rotatable bonds is 3. The molecule has 17 heavy (non-hydrogen) atoms. The zero-order valence-electron chi connectivity index (χ0n) is 9.56. The zero-order chi connectivity index (χ0) is 12.3. The van der Waals surface area contributed by atoms with Crippen molar-refractivity contribution in [2.75, 3.05) is 13.1 Å². The minimum absolute atomic E-state index is 0.0461. The molecule has 0 saturated carbocycles. The number of phenols is 1. The normalized spacial score (nSPS) is 16.0. The number of nitrogens with zero attached hydrogens (tertiary/aromatic N) is 1. The molecule has 0 radical (unpaired) electrons. The van der Waals surface area contributed by atoms with Crippen LogP contribution >= 0.6 is 0 Å². The molecular formula is C13H15NO3. The lowest BCUT2D eigenvalue weighted by molar-refractivity contribution is -0.132. The van der Waals surface area contributed by atoms with Crippen LogP contribution in [0.4, 0.5) is 0 Å². The molecule has 1 fully saturated rings. The molecule has 1 aromatic carbocycles. The first-order valence-electron chi connectivity index (χ1n) is 5.77. The van der Waals surface area contributed by atoms with E-state index in [0.29, 0.717) is 18.5 Å². The Morgan fingerprint density at radius 3 is 2.88 bits per heavy atom. The van der Waals surface area contributed by atoms with Crippen molar-refractivity contribution in [2.45, 2.75) is 19.3 Å². The number of amides is 1. The maximum Gasteiger partial charge on any atom is 0.222 e. The van der Waals surface area contributed by atoms with Crippen molar-refractivity contribution in [2.24, 2.45) is 0 Å². The molecule has 1 aliphatic heterocycles. The summed E-state index contributed by atoms with van der Waals surface area (Å²) in [6.07, 6.45) is 2.40. The van der Waals surface area contributed by atoms with Gasteiger partial charge in [-0.1, -0.05) is 12.1 Å². The Labute approximate surface area is 99.9 Å². The second-order valence-electron chi connectivity index (χ2n) is 4.25. The lowest BCUT2D eigenvalue weighted by atomic mass is 10.1. The summed E-state index contributed by atoms with van der Waals surface area (Å²) >= 11 is 0. The van der Waals surface area contributed by atoms with Crippen LogP contribution < -0.4 is 0 Å². The van der Waals surface area contributed by atoms with E-state index in [0.717, 1.165) is 12.8 Å². The van der Waals surface area contributed by atoms with Crippen molar-refractivity contribution in [3.8, 4) is 5.75 Å². The largest absolute Gasteiger partial charge is 0.508 e. The monoisotopic (exact) mass is 233 g/mol. The molecule has 0 aromatic heterocycles. The number of benzene rings is 1. The molecule has 4 nitrogen and oxygen atoms in total. The average molecular weight is 233 g/mol. The fourth-order valence-electron chi connectivity index (χ4n) is 1.97. The quantitative estimate of drug-likeness (QED) is 0.806. The van der Waals surface area contributed by atoms with E-state index >= 15 is 0 Å². The first-order valence-corrected chi connectivity index (χ1v) is 5.77. The third-order valence-electron chi connectivity index (χ3n) is 2.92. The highest BCUT2D eigenvalue weighted by atomic mass is 16.3. The summed E-state index contributed by atoms with van der Waals surface area (Å²) in [4.78, 5) is 25.1. The van der Waals surface area contributed by atoms with Crippen molar-refractivity contribution in [1.29, 1.82) is 0 Å². The van der Waals surface area contributed by atoms with E-state index in [1.165, 1.54) is 12.1 Å². The highest BCUT2D eigenvalue weighted by molar-refractivity contribution is 5.99. The second kappa shape index (κ2) is 4.99. The van der Waals surface area contributed by atoms with Crippen LogP contribution in [0.1, 0.15) is 29.6 Å². The molecule has 1 aliphatic rings. The molecule has 0 atom stereocenters. The Balaban J connectivity index is 2.03. The molecule has 0 bridgehead atoms. The molecule has 0 aliphatic carbocycles. The van der Waals surface area contributed by atoms with Gasteiger partial charge in [-0.25, -0.2) is 0 Å². The highest BCUT2D eigenvalue weighted by Gasteiger charge is 2.20. The molecule has 0 unspecified atom stereocenters. The van der Waals surface area contributed by atoms with Crippen LogP contribution in [-0.4, -0.2) is 34.8 Å². The van der Waals surface area contributed by atoms with Gasteiger partial charge in [-0.2, -0.15) is 0 Å². The van der Waals surface area contributed by atoms with Gasteiger partial charge in [0.2, 0.25) is 5.91 Å². The average Bonchev–Trinajstić information content (AvgIpc) is 2.32. The molecular weight excluding hydrogens is 218 g/mol. The molecule has 1 aromatic rings. The van der Waals surface area contributed by atoms with E-state index in [1.807, 2.05) is 0 Å². The number of phenolic OH excluding ortho intramolecular Hbond substituents is 1. The topological polar surface area (TPSA) is 57.6 Å². The van der Waals surface area contributed by atoms with E-state index < -0.39 is 0 Å². The van der Waals surface area contributed by atoms with E-state index in [2.05, 4.69) is 0 Å². The first kappa shape index (κ1) is 11.6. The SMILES string of the molecule is O=C(CN1CCCCC1=O)c1cccc(O)c1. The van der Waals surface area contributed by atoms with Gasteiger partial charge in [-0.15, -0.1) is 0 Å². The summed E-state index contributed by atoms with van der Waals surface area (Å²) in [6.45, 7) is 0.770. The molecule has 2 rings (SSSR count).